The van der Waals surface area contributed by atoms with Crippen LogP contribution in [-0.4, -0.2) is 44.8 Å². The third-order valence-electron chi connectivity index (χ3n) is 2.42. The minimum Gasteiger partial charge on any atom is -0.393 e. The van der Waals surface area contributed by atoms with Crippen LogP contribution in [0, 0.1) is 0 Å². The molecule has 4 heteroatoms. The van der Waals surface area contributed by atoms with Gasteiger partial charge in [-0.1, -0.05) is 12.2 Å². The Balaban J connectivity index is 0.000000140. The first-order valence-corrected chi connectivity index (χ1v) is 4.98. The van der Waals surface area contributed by atoms with Crippen LogP contribution in [0.4, 0.5) is 0 Å². The third-order valence-corrected chi connectivity index (χ3v) is 2.42. The smallest absolute Gasteiger partial charge is 0.0749 e. The Labute approximate surface area is 83.5 Å². The Bertz CT molecular complexity index is 175. The van der Waals surface area contributed by atoms with Gasteiger partial charge in [-0.25, -0.2) is 0 Å². The summed E-state index contributed by atoms with van der Waals surface area (Å²) in [7, 11) is 0. The van der Waals surface area contributed by atoms with Gasteiger partial charge in [0.25, 0.3) is 0 Å². The highest BCUT2D eigenvalue weighted by atomic mass is 16.3. The lowest BCUT2D eigenvalue weighted by molar-refractivity contribution is 0.137. The summed E-state index contributed by atoms with van der Waals surface area (Å²) in [6.45, 7) is 0. The number of aliphatic hydroxyl groups is 4. The average Bonchev–Trinajstić information content (AvgIpc) is 2.63. The van der Waals surface area contributed by atoms with Crippen molar-refractivity contribution in [1.82, 2.24) is 0 Å². The van der Waals surface area contributed by atoms with Crippen molar-refractivity contribution in [1.29, 1.82) is 0 Å². The van der Waals surface area contributed by atoms with Crippen LogP contribution < -0.4 is 0 Å². The van der Waals surface area contributed by atoms with Gasteiger partial charge in [-0.15, -0.1) is 0 Å². The number of rotatable bonds is 0. The monoisotopic (exact) mass is 202 g/mol. The lowest BCUT2D eigenvalue weighted by Gasteiger charge is -1.96. The molecular formula is C10H18O4. The van der Waals surface area contributed by atoms with Gasteiger partial charge >= 0.3 is 0 Å². The summed E-state index contributed by atoms with van der Waals surface area (Å²) in [5.41, 5.74) is 0. The van der Waals surface area contributed by atoms with Gasteiger partial charge in [0.1, 0.15) is 0 Å². The number of hydrogen-bond acceptors (Lipinski definition) is 4. The van der Waals surface area contributed by atoms with Crippen LogP contribution in [0.2, 0.25) is 0 Å². The highest BCUT2D eigenvalue weighted by molar-refractivity contribution is 5.02. The van der Waals surface area contributed by atoms with Crippen molar-refractivity contribution >= 4 is 0 Å². The van der Waals surface area contributed by atoms with E-state index in [0.29, 0.717) is 12.8 Å². The summed E-state index contributed by atoms with van der Waals surface area (Å²) < 4.78 is 0. The van der Waals surface area contributed by atoms with Crippen LogP contribution >= 0.6 is 0 Å². The molecule has 1 saturated carbocycles. The molecule has 0 amide bonds. The molecule has 2 aliphatic rings. The Morgan fingerprint density at radius 1 is 0.714 bits per heavy atom. The fraction of sp³-hybridized carbons (Fsp3) is 0.800. The molecule has 0 saturated heterocycles. The predicted molar refractivity (Wildman–Crippen MR) is 51.6 cm³/mol. The van der Waals surface area contributed by atoms with Gasteiger partial charge in [-0.3, -0.25) is 0 Å². The molecule has 1 fully saturated rings. The van der Waals surface area contributed by atoms with E-state index in [0.717, 1.165) is 12.8 Å². The van der Waals surface area contributed by atoms with Gasteiger partial charge < -0.3 is 20.4 Å². The molecule has 0 heterocycles. The first-order valence-electron chi connectivity index (χ1n) is 4.98. The van der Waals surface area contributed by atoms with E-state index in [1.54, 1.807) is 12.2 Å². The highest BCUT2D eigenvalue weighted by Crippen LogP contribution is 2.17. The maximum atomic E-state index is 8.74. The second-order valence-corrected chi connectivity index (χ2v) is 3.88. The largest absolute Gasteiger partial charge is 0.393 e. The molecule has 4 atom stereocenters. The van der Waals surface area contributed by atoms with E-state index in [-0.39, 0.29) is 12.2 Å². The van der Waals surface area contributed by atoms with E-state index in [4.69, 9.17) is 20.4 Å². The fourth-order valence-electron chi connectivity index (χ4n) is 1.60. The van der Waals surface area contributed by atoms with Crippen LogP contribution in [-0.2, 0) is 0 Å². The Morgan fingerprint density at radius 3 is 1.29 bits per heavy atom. The van der Waals surface area contributed by atoms with E-state index in [1.165, 1.54) is 0 Å². The predicted octanol–water partition coefficient (Wildman–Crippen LogP) is -0.440. The molecule has 0 aromatic rings. The summed E-state index contributed by atoms with van der Waals surface area (Å²) in [5, 5.41) is 34.8. The zero-order chi connectivity index (χ0) is 10.6. The SMILES string of the molecule is O[C@@H]1C=C[C@H](O)C1.O[C@@H]1CC[C@H](O)C1. The summed E-state index contributed by atoms with van der Waals surface area (Å²) in [6.07, 6.45) is 4.55. The third kappa shape index (κ3) is 4.19. The minimum absolute atomic E-state index is 0.227. The Morgan fingerprint density at radius 2 is 1.14 bits per heavy atom. The maximum Gasteiger partial charge on any atom is 0.0749 e. The van der Waals surface area contributed by atoms with Crippen LogP contribution in [0.5, 0.6) is 0 Å². The number of hydrogen-bond donors (Lipinski definition) is 4. The van der Waals surface area contributed by atoms with Gasteiger partial charge in [0.05, 0.1) is 24.4 Å². The van der Waals surface area contributed by atoms with Gasteiger partial charge in [-0.05, 0) is 19.3 Å². The molecule has 0 aromatic carbocycles. The van der Waals surface area contributed by atoms with Gasteiger partial charge in [0, 0.05) is 6.42 Å². The van der Waals surface area contributed by atoms with E-state index < -0.39 is 12.2 Å². The van der Waals surface area contributed by atoms with Crippen molar-refractivity contribution in [3.8, 4) is 0 Å². The summed E-state index contributed by atoms with van der Waals surface area (Å²) in [5.74, 6) is 0. The normalized spacial score (nSPS) is 40.9. The molecule has 2 rings (SSSR count). The standard InChI is InChI=1S/C5H10O2.C5H8O2/c2*6-4-1-2-5(7)3-4/h4-7H,1-3H2;1-2,4-7H,3H2/t2*4-,5+. The second-order valence-electron chi connectivity index (χ2n) is 3.88. The topological polar surface area (TPSA) is 80.9 Å². The highest BCUT2D eigenvalue weighted by Gasteiger charge is 2.19. The zero-order valence-corrected chi connectivity index (χ0v) is 8.08. The molecule has 82 valence electrons. The van der Waals surface area contributed by atoms with E-state index in [9.17, 15) is 0 Å². The molecule has 2 aliphatic carbocycles. The van der Waals surface area contributed by atoms with Gasteiger partial charge in [0.2, 0.25) is 0 Å². The molecule has 0 spiro atoms. The van der Waals surface area contributed by atoms with E-state index in [1.807, 2.05) is 0 Å². The van der Waals surface area contributed by atoms with Gasteiger partial charge in [0.15, 0.2) is 0 Å². The summed E-state index contributed by atoms with van der Waals surface area (Å²) >= 11 is 0. The molecule has 0 aliphatic heterocycles. The van der Waals surface area contributed by atoms with Crippen LogP contribution in [0.25, 0.3) is 0 Å². The van der Waals surface area contributed by atoms with Crippen LogP contribution in [0.15, 0.2) is 12.2 Å². The molecule has 4 nitrogen and oxygen atoms in total. The summed E-state index contributed by atoms with van der Waals surface area (Å²) in [6, 6.07) is 0. The first-order chi connectivity index (χ1) is 6.58. The lowest BCUT2D eigenvalue weighted by Crippen LogP contribution is -2.04. The van der Waals surface area contributed by atoms with E-state index in [2.05, 4.69) is 0 Å². The molecule has 14 heavy (non-hydrogen) atoms. The quantitative estimate of drug-likeness (QED) is 0.401. The summed E-state index contributed by atoms with van der Waals surface area (Å²) in [4.78, 5) is 0. The van der Waals surface area contributed by atoms with Crippen molar-refractivity contribution in [2.45, 2.75) is 50.1 Å². The Kier molecular flexibility index (Phi) is 4.54. The molecule has 0 bridgehead atoms. The van der Waals surface area contributed by atoms with E-state index >= 15 is 0 Å². The van der Waals surface area contributed by atoms with Crippen molar-refractivity contribution < 1.29 is 20.4 Å². The molecule has 4 N–H and O–H groups in total. The average molecular weight is 202 g/mol. The van der Waals surface area contributed by atoms with Crippen molar-refractivity contribution in [2.24, 2.45) is 0 Å². The zero-order valence-electron chi connectivity index (χ0n) is 8.08. The first kappa shape index (κ1) is 11.7. The fourth-order valence-corrected chi connectivity index (χ4v) is 1.60. The van der Waals surface area contributed by atoms with Crippen LogP contribution in [0.3, 0.4) is 0 Å². The number of aliphatic hydroxyl groups excluding tert-OH is 4. The van der Waals surface area contributed by atoms with Crippen molar-refractivity contribution in [3.05, 3.63) is 12.2 Å². The van der Waals surface area contributed by atoms with Crippen molar-refractivity contribution in [2.75, 3.05) is 0 Å². The minimum atomic E-state index is -0.407. The molecular weight excluding hydrogens is 184 g/mol. The molecule has 0 aromatic heterocycles. The molecule has 0 radical (unpaired) electrons. The Hall–Kier alpha value is -0.420. The molecule has 0 unspecified atom stereocenters. The van der Waals surface area contributed by atoms with Gasteiger partial charge in [-0.2, -0.15) is 0 Å². The second kappa shape index (κ2) is 5.46. The van der Waals surface area contributed by atoms with Crippen molar-refractivity contribution in [3.63, 3.8) is 0 Å². The lowest BCUT2D eigenvalue weighted by atomic mass is 10.3. The van der Waals surface area contributed by atoms with Crippen LogP contribution in [0.1, 0.15) is 25.7 Å². The maximum absolute atomic E-state index is 8.74.